The zero-order valence-corrected chi connectivity index (χ0v) is 8.20. The van der Waals surface area contributed by atoms with Crippen LogP contribution in [0.1, 0.15) is 5.69 Å². The fourth-order valence-electron chi connectivity index (χ4n) is 2.28. The van der Waals surface area contributed by atoms with E-state index in [1.807, 2.05) is 19.1 Å². The Morgan fingerprint density at radius 2 is 2.07 bits per heavy atom. The van der Waals surface area contributed by atoms with Gasteiger partial charge in [0.1, 0.15) is 5.82 Å². The number of fused-ring (bicyclic) bond motifs is 1. The Bertz CT molecular complexity index is 324. The van der Waals surface area contributed by atoms with E-state index in [1.165, 1.54) is 0 Å². The van der Waals surface area contributed by atoms with Crippen molar-refractivity contribution >= 4 is 5.82 Å². The Balaban J connectivity index is 1.65. The van der Waals surface area contributed by atoms with Gasteiger partial charge in [-0.3, -0.25) is 0 Å². The molecule has 0 radical (unpaired) electrons. The number of hydrogen-bond acceptors (Lipinski definition) is 4. The quantitative estimate of drug-likeness (QED) is 0.709. The molecule has 0 aromatic carbocycles. The lowest BCUT2D eigenvalue weighted by Crippen LogP contribution is -2.21. The summed E-state index contributed by atoms with van der Waals surface area (Å²) in [7, 11) is 0. The lowest BCUT2D eigenvalue weighted by atomic mass is 10.4. The first-order valence-corrected chi connectivity index (χ1v) is 5.12. The lowest BCUT2D eigenvalue weighted by Gasteiger charge is -2.07. The Labute approximate surface area is 83.1 Å². The molecule has 14 heavy (non-hydrogen) atoms. The number of anilines is 1. The molecule has 0 amide bonds. The molecule has 1 aromatic heterocycles. The smallest absolute Gasteiger partial charge is 0.148 e. The van der Waals surface area contributed by atoms with Crippen molar-refractivity contribution in [3.05, 3.63) is 17.8 Å². The summed E-state index contributed by atoms with van der Waals surface area (Å²) >= 11 is 0. The number of aryl methyl sites for hydroxylation is 1. The number of piperidine rings is 1. The minimum atomic E-state index is 0.633. The average molecular weight is 190 g/mol. The van der Waals surface area contributed by atoms with Gasteiger partial charge in [-0.05, 0) is 30.9 Å². The Hall–Kier alpha value is -1.16. The van der Waals surface area contributed by atoms with Gasteiger partial charge >= 0.3 is 0 Å². The largest absolute Gasteiger partial charge is 0.365 e. The van der Waals surface area contributed by atoms with Crippen LogP contribution in [0.4, 0.5) is 5.82 Å². The highest BCUT2D eigenvalue weighted by atomic mass is 15.2. The highest BCUT2D eigenvalue weighted by Gasteiger charge is 2.53. The molecule has 1 saturated heterocycles. The van der Waals surface area contributed by atoms with E-state index < -0.39 is 0 Å². The van der Waals surface area contributed by atoms with Gasteiger partial charge in [0.05, 0.1) is 5.69 Å². The van der Waals surface area contributed by atoms with Crippen molar-refractivity contribution in [2.75, 3.05) is 18.4 Å². The van der Waals surface area contributed by atoms with Gasteiger partial charge in [-0.25, -0.2) is 0 Å². The third kappa shape index (κ3) is 1.26. The first-order valence-electron chi connectivity index (χ1n) is 5.12. The lowest BCUT2D eigenvalue weighted by molar-refractivity contribution is 0.694. The van der Waals surface area contributed by atoms with Crippen LogP contribution in [0, 0.1) is 18.8 Å². The summed E-state index contributed by atoms with van der Waals surface area (Å²) < 4.78 is 0. The summed E-state index contributed by atoms with van der Waals surface area (Å²) in [5, 5.41) is 14.9. The molecule has 2 heterocycles. The SMILES string of the molecule is Cc1ccc(NC2C3CNCC32)nn1. The zero-order chi connectivity index (χ0) is 9.54. The molecule has 2 N–H and O–H groups in total. The van der Waals surface area contributed by atoms with Crippen LogP contribution in [0.5, 0.6) is 0 Å². The maximum atomic E-state index is 4.10. The Morgan fingerprint density at radius 1 is 1.29 bits per heavy atom. The first-order chi connectivity index (χ1) is 6.84. The molecule has 3 rings (SSSR count). The molecule has 1 saturated carbocycles. The minimum Gasteiger partial charge on any atom is -0.365 e. The predicted octanol–water partition coefficient (Wildman–Crippen LogP) is 0.415. The number of rotatable bonds is 2. The van der Waals surface area contributed by atoms with Crippen molar-refractivity contribution in [2.45, 2.75) is 13.0 Å². The number of aromatic nitrogens is 2. The number of nitrogens with zero attached hydrogens (tertiary/aromatic N) is 2. The van der Waals surface area contributed by atoms with Crippen molar-refractivity contribution < 1.29 is 0 Å². The molecule has 74 valence electrons. The zero-order valence-electron chi connectivity index (χ0n) is 8.20. The average Bonchev–Trinajstić information content (AvgIpc) is 2.63. The van der Waals surface area contributed by atoms with Gasteiger partial charge in [0.15, 0.2) is 0 Å². The van der Waals surface area contributed by atoms with E-state index in [0.717, 1.165) is 36.4 Å². The first kappa shape index (κ1) is 8.17. The van der Waals surface area contributed by atoms with Gasteiger partial charge in [0.2, 0.25) is 0 Å². The Kier molecular flexibility index (Phi) is 1.70. The molecule has 2 unspecified atom stereocenters. The molecule has 4 heteroatoms. The summed E-state index contributed by atoms with van der Waals surface area (Å²) in [5.74, 6) is 2.55. The maximum absolute atomic E-state index is 4.10. The molecule has 2 aliphatic rings. The molecule has 2 atom stereocenters. The normalized spacial score (nSPS) is 33.9. The third-order valence-corrected chi connectivity index (χ3v) is 3.20. The van der Waals surface area contributed by atoms with Crippen molar-refractivity contribution in [1.82, 2.24) is 15.5 Å². The van der Waals surface area contributed by atoms with Crippen molar-refractivity contribution in [3.63, 3.8) is 0 Å². The van der Waals surface area contributed by atoms with E-state index >= 15 is 0 Å². The molecular weight excluding hydrogens is 176 g/mol. The Morgan fingerprint density at radius 3 is 2.71 bits per heavy atom. The van der Waals surface area contributed by atoms with Gasteiger partial charge in [-0.1, -0.05) is 0 Å². The summed E-state index contributed by atoms with van der Waals surface area (Å²) in [4.78, 5) is 0. The third-order valence-electron chi connectivity index (χ3n) is 3.20. The summed E-state index contributed by atoms with van der Waals surface area (Å²) in [6.45, 7) is 4.26. The van der Waals surface area contributed by atoms with Crippen LogP contribution in [0.2, 0.25) is 0 Å². The van der Waals surface area contributed by atoms with Crippen LogP contribution in [-0.4, -0.2) is 29.3 Å². The molecule has 4 nitrogen and oxygen atoms in total. The second kappa shape index (κ2) is 2.92. The van der Waals surface area contributed by atoms with Crippen molar-refractivity contribution in [2.24, 2.45) is 11.8 Å². The van der Waals surface area contributed by atoms with E-state index in [-0.39, 0.29) is 0 Å². The van der Waals surface area contributed by atoms with Crippen LogP contribution in [0.15, 0.2) is 12.1 Å². The number of hydrogen-bond donors (Lipinski definition) is 2. The van der Waals surface area contributed by atoms with Crippen LogP contribution in [0.3, 0.4) is 0 Å². The van der Waals surface area contributed by atoms with Gasteiger partial charge in [0, 0.05) is 19.1 Å². The monoisotopic (exact) mass is 190 g/mol. The predicted molar refractivity (Wildman–Crippen MR) is 54.0 cm³/mol. The standard InChI is InChI=1S/C10H14N4/c1-6-2-3-9(14-13-6)12-10-7-4-11-5-8(7)10/h2-3,7-8,10-11H,4-5H2,1H3,(H,12,14). The summed E-state index contributed by atoms with van der Waals surface area (Å²) in [6.07, 6.45) is 0. The summed E-state index contributed by atoms with van der Waals surface area (Å²) in [5.41, 5.74) is 0.966. The van der Waals surface area contributed by atoms with E-state index in [9.17, 15) is 0 Å². The van der Waals surface area contributed by atoms with E-state index in [4.69, 9.17) is 0 Å². The van der Waals surface area contributed by atoms with E-state index in [0.29, 0.717) is 6.04 Å². The van der Waals surface area contributed by atoms with Gasteiger partial charge in [0.25, 0.3) is 0 Å². The summed E-state index contributed by atoms with van der Waals surface area (Å²) in [6, 6.07) is 4.63. The second-order valence-electron chi connectivity index (χ2n) is 4.22. The van der Waals surface area contributed by atoms with Gasteiger partial charge in [-0.2, -0.15) is 5.10 Å². The molecular formula is C10H14N4. The van der Waals surface area contributed by atoms with Crippen molar-refractivity contribution in [3.8, 4) is 0 Å². The molecule has 1 aliphatic carbocycles. The molecule has 0 spiro atoms. The van der Waals surface area contributed by atoms with Crippen molar-refractivity contribution in [1.29, 1.82) is 0 Å². The molecule has 1 aromatic rings. The second-order valence-corrected chi connectivity index (χ2v) is 4.22. The minimum absolute atomic E-state index is 0.633. The molecule has 1 aliphatic heterocycles. The van der Waals surface area contributed by atoms with Crippen LogP contribution < -0.4 is 10.6 Å². The topological polar surface area (TPSA) is 49.8 Å². The highest BCUT2D eigenvalue weighted by Crippen LogP contribution is 2.43. The number of nitrogens with one attached hydrogen (secondary N) is 2. The fraction of sp³-hybridized carbons (Fsp3) is 0.600. The van der Waals surface area contributed by atoms with Gasteiger partial charge < -0.3 is 10.6 Å². The van der Waals surface area contributed by atoms with Crippen LogP contribution in [-0.2, 0) is 0 Å². The van der Waals surface area contributed by atoms with E-state index in [2.05, 4.69) is 20.8 Å². The maximum Gasteiger partial charge on any atom is 0.148 e. The fourth-order valence-corrected chi connectivity index (χ4v) is 2.28. The van der Waals surface area contributed by atoms with Crippen LogP contribution in [0.25, 0.3) is 0 Å². The molecule has 2 fully saturated rings. The highest BCUT2D eigenvalue weighted by molar-refractivity contribution is 5.38. The van der Waals surface area contributed by atoms with Gasteiger partial charge in [-0.15, -0.1) is 5.10 Å². The van der Waals surface area contributed by atoms with E-state index in [1.54, 1.807) is 0 Å². The molecule has 0 bridgehead atoms. The van der Waals surface area contributed by atoms with Crippen LogP contribution >= 0.6 is 0 Å².